The van der Waals surface area contributed by atoms with Gasteiger partial charge in [0.15, 0.2) is 0 Å². The van der Waals surface area contributed by atoms with Crippen molar-refractivity contribution in [2.45, 2.75) is 44.4 Å². The fourth-order valence-electron chi connectivity index (χ4n) is 2.75. The molecule has 3 fully saturated rings. The second kappa shape index (κ2) is 4.90. The minimum atomic E-state index is 0.616. The molecule has 0 unspecified atom stereocenters. The van der Waals surface area contributed by atoms with E-state index in [1.807, 2.05) is 7.05 Å². The standard InChI is InChI=1S/C16H24N4/c1-17-14-8-15(19-16(18-14)13-6-7-13)20(9-11-2-3-11)10-12-4-5-12/h8,11-13H,2-7,9-10H2,1H3,(H,17,18,19). The molecule has 1 aromatic heterocycles. The summed E-state index contributed by atoms with van der Waals surface area (Å²) in [6.45, 7) is 2.39. The van der Waals surface area contributed by atoms with E-state index in [9.17, 15) is 0 Å². The molecule has 1 heterocycles. The van der Waals surface area contributed by atoms with Gasteiger partial charge in [-0.25, -0.2) is 9.97 Å². The zero-order valence-electron chi connectivity index (χ0n) is 12.3. The molecule has 0 atom stereocenters. The smallest absolute Gasteiger partial charge is 0.136 e. The second-order valence-electron chi connectivity index (χ2n) is 6.79. The van der Waals surface area contributed by atoms with E-state index >= 15 is 0 Å². The largest absolute Gasteiger partial charge is 0.373 e. The van der Waals surface area contributed by atoms with Gasteiger partial charge in [0.2, 0.25) is 0 Å². The third-order valence-corrected chi connectivity index (χ3v) is 4.60. The van der Waals surface area contributed by atoms with Crippen LogP contribution in [0.3, 0.4) is 0 Å². The van der Waals surface area contributed by atoms with Crippen molar-refractivity contribution in [2.24, 2.45) is 11.8 Å². The Balaban J connectivity index is 1.59. The summed E-state index contributed by atoms with van der Waals surface area (Å²) in [7, 11) is 1.95. The number of anilines is 2. The highest BCUT2D eigenvalue weighted by atomic mass is 15.2. The van der Waals surface area contributed by atoms with Crippen molar-refractivity contribution in [3.8, 4) is 0 Å². The Bertz CT molecular complexity index is 475. The molecular weight excluding hydrogens is 248 g/mol. The van der Waals surface area contributed by atoms with Crippen LogP contribution in [0.25, 0.3) is 0 Å². The Labute approximate surface area is 121 Å². The van der Waals surface area contributed by atoms with Crippen LogP contribution >= 0.6 is 0 Å². The summed E-state index contributed by atoms with van der Waals surface area (Å²) in [5.41, 5.74) is 0. The Morgan fingerprint density at radius 3 is 2.20 bits per heavy atom. The van der Waals surface area contributed by atoms with Gasteiger partial charge in [-0.3, -0.25) is 0 Å². The summed E-state index contributed by atoms with van der Waals surface area (Å²) in [6.07, 6.45) is 8.14. The normalized spacial score (nSPS) is 21.9. The van der Waals surface area contributed by atoms with Gasteiger partial charge in [-0.2, -0.15) is 0 Å². The SMILES string of the molecule is CNc1cc(N(CC2CC2)CC2CC2)nc(C2CC2)n1. The first-order valence-corrected chi connectivity index (χ1v) is 8.13. The van der Waals surface area contributed by atoms with Crippen molar-refractivity contribution in [1.29, 1.82) is 0 Å². The molecule has 0 spiro atoms. The van der Waals surface area contributed by atoms with Crippen LogP contribution in [0.2, 0.25) is 0 Å². The predicted molar refractivity (Wildman–Crippen MR) is 81.2 cm³/mol. The molecule has 0 aliphatic heterocycles. The molecule has 0 bridgehead atoms. The van der Waals surface area contributed by atoms with Gasteiger partial charge in [0.25, 0.3) is 0 Å². The van der Waals surface area contributed by atoms with E-state index in [4.69, 9.17) is 4.98 Å². The van der Waals surface area contributed by atoms with Gasteiger partial charge in [-0.1, -0.05) is 0 Å². The monoisotopic (exact) mass is 272 g/mol. The van der Waals surface area contributed by atoms with Gasteiger partial charge in [0, 0.05) is 32.1 Å². The molecule has 3 aliphatic rings. The summed E-state index contributed by atoms with van der Waals surface area (Å²) in [4.78, 5) is 12.0. The molecule has 20 heavy (non-hydrogen) atoms. The maximum atomic E-state index is 4.88. The van der Waals surface area contributed by atoms with Crippen molar-refractivity contribution in [3.63, 3.8) is 0 Å². The van der Waals surface area contributed by atoms with Crippen LogP contribution in [0.1, 0.15) is 50.3 Å². The van der Waals surface area contributed by atoms with E-state index in [1.54, 1.807) is 0 Å². The lowest BCUT2D eigenvalue weighted by Crippen LogP contribution is -2.29. The fourth-order valence-corrected chi connectivity index (χ4v) is 2.75. The van der Waals surface area contributed by atoms with Gasteiger partial charge in [-0.15, -0.1) is 0 Å². The van der Waals surface area contributed by atoms with E-state index in [1.165, 1.54) is 51.6 Å². The molecule has 0 aromatic carbocycles. The van der Waals surface area contributed by atoms with Gasteiger partial charge in [-0.05, 0) is 50.4 Å². The third-order valence-electron chi connectivity index (χ3n) is 4.60. The Kier molecular flexibility index (Phi) is 3.04. The molecule has 4 nitrogen and oxygen atoms in total. The van der Waals surface area contributed by atoms with E-state index in [0.29, 0.717) is 5.92 Å². The van der Waals surface area contributed by atoms with E-state index < -0.39 is 0 Å². The molecule has 4 rings (SSSR count). The van der Waals surface area contributed by atoms with Crippen LogP contribution < -0.4 is 10.2 Å². The summed E-state index contributed by atoms with van der Waals surface area (Å²) in [5, 5.41) is 3.21. The minimum absolute atomic E-state index is 0.616. The van der Waals surface area contributed by atoms with Gasteiger partial charge in [0.1, 0.15) is 17.5 Å². The molecule has 1 N–H and O–H groups in total. The molecule has 0 radical (unpaired) electrons. The lowest BCUT2D eigenvalue weighted by molar-refractivity contribution is 0.668. The van der Waals surface area contributed by atoms with Crippen molar-refractivity contribution < 1.29 is 0 Å². The zero-order chi connectivity index (χ0) is 13.5. The van der Waals surface area contributed by atoms with E-state index in [2.05, 4.69) is 21.3 Å². The first kappa shape index (κ1) is 12.4. The highest BCUT2D eigenvalue weighted by Crippen LogP contribution is 2.40. The lowest BCUT2D eigenvalue weighted by atomic mass is 10.3. The molecule has 3 saturated carbocycles. The van der Waals surface area contributed by atoms with Gasteiger partial charge < -0.3 is 10.2 Å². The second-order valence-corrected chi connectivity index (χ2v) is 6.79. The Hall–Kier alpha value is -1.32. The number of aromatic nitrogens is 2. The summed E-state index contributed by atoms with van der Waals surface area (Å²) >= 11 is 0. The van der Waals surface area contributed by atoms with Crippen molar-refractivity contribution in [3.05, 3.63) is 11.9 Å². The first-order chi connectivity index (χ1) is 9.81. The van der Waals surface area contributed by atoms with Crippen LogP contribution in [-0.4, -0.2) is 30.1 Å². The van der Waals surface area contributed by atoms with Crippen LogP contribution in [0.5, 0.6) is 0 Å². The lowest BCUT2D eigenvalue weighted by Gasteiger charge is -2.24. The predicted octanol–water partition coefficient (Wildman–Crippen LogP) is 3.02. The molecular formula is C16H24N4. The Morgan fingerprint density at radius 1 is 1.05 bits per heavy atom. The molecule has 108 valence electrons. The number of hydrogen-bond acceptors (Lipinski definition) is 4. The molecule has 3 aliphatic carbocycles. The van der Waals surface area contributed by atoms with E-state index in [0.717, 1.165) is 29.3 Å². The maximum absolute atomic E-state index is 4.88. The van der Waals surface area contributed by atoms with Crippen LogP contribution in [0, 0.1) is 11.8 Å². The van der Waals surface area contributed by atoms with Crippen molar-refractivity contribution in [1.82, 2.24) is 9.97 Å². The van der Waals surface area contributed by atoms with Crippen molar-refractivity contribution in [2.75, 3.05) is 30.4 Å². The van der Waals surface area contributed by atoms with Crippen LogP contribution in [0.15, 0.2) is 6.07 Å². The Morgan fingerprint density at radius 2 is 1.70 bits per heavy atom. The highest BCUT2D eigenvalue weighted by Gasteiger charge is 2.32. The number of nitrogens with zero attached hydrogens (tertiary/aromatic N) is 3. The topological polar surface area (TPSA) is 41.0 Å². The average Bonchev–Trinajstić information content (AvgIpc) is 3.29. The quantitative estimate of drug-likeness (QED) is 0.828. The van der Waals surface area contributed by atoms with Crippen LogP contribution in [-0.2, 0) is 0 Å². The van der Waals surface area contributed by atoms with Gasteiger partial charge in [0.05, 0.1) is 0 Å². The molecule has 1 aromatic rings. The summed E-state index contributed by atoms with van der Waals surface area (Å²) in [5.74, 6) is 5.63. The van der Waals surface area contributed by atoms with Crippen molar-refractivity contribution >= 4 is 11.6 Å². The van der Waals surface area contributed by atoms with E-state index in [-0.39, 0.29) is 0 Å². The average molecular weight is 272 g/mol. The third kappa shape index (κ3) is 2.89. The minimum Gasteiger partial charge on any atom is -0.373 e. The molecule has 0 saturated heterocycles. The first-order valence-electron chi connectivity index (χ1n) is 8.13. The highest BCUT2D eigenvalue weighted by molar-refractivity contribution is 5.50. The maximum Gasteiger partial charge on any atom is 0.136 e. The number of hydrogen-bond donors (Lipinski definition) is 1. The fraction of sp³-hybridized carbons (Fsp3) is 0.750. The number of rotatable bonds is 7. The molecule has 4 heteroatoms. The van der Waals surface area contributed by atoms with Crippen LogP contribution in [0.4, 0.5) is 11.6 Å². The summed E-state index contributed by atoms with van der Waals surface area (Å²) < 4.78 is 0. The zero-order valence-corrected chi connectivity index (χ0v) is 12.3. The number of nitrogens with one attached hydrogen (secondary N) is 1. The van der Waals surface area contributed by atoms with Gasteiger partial charge >= 0.3 is 0 Å². The summed E-state index contributed by atoms with van der Waals surface area (Å²) in [6, 6.07) is 2.14. The molecule has 0 amide bonds.